The lowest BCUT2D eigenvalue weighted by atomic mass is 10.2. The summed E-state index contributed by atoms with van der Waals surface area (Å²) in [5.74, 6) is -0.297. The molecule has 1 N–H and O–H groups in total. The SMILES string of the molecule is COc1cc(/C=C2/SC(=S)N(NC(=O)c3cccc(Cl)c3)C2=O)ccc1OCC(=O)N1CCOCC1. The molecule has 12 heteroatoms. The molecule has 2 aromatic carbocycles. The Kier molecular flexibility index (Phi) is 8.47. The highest BCUT2D eigenvalue weighted by Crippen LogP contribution is 2.34. The first kappa shape index (κ1) is 26.0. The summed E-state index contributed by atoms with van der Waals surface area (Å²) in [5, 5.41) is 1.43. The number of thioether (sulfide) groups is 1. The van der Waals surface area contributed by atoms with Gasteiger partial charge in [-0.2, -0.15) is 5.01 Å². The van der Waals surface area contributed by atoms with Crippen molar-refractivity contribution in [2.75, 3.05) is 40.0 Å². The fourth-order valence-electron chi connectivity index (χ4n) is 3.45. The Morgan fingerprint density at radius 1 is 1.19 bits per heavy atom. The average Bonchev–Trinajstić information content (AvgIpc) is 3.15. The first-order valence-electron chi connectivity index (χ1n) is 10.9. The van der Waals surface area contributed by atoms with E-state index in [0.717, 1.165) is 16.8 Å². The summed E-state index contributed by atoms with van der Waals surface area (Å²) in [6.07, 6.45) is 1.63. The fourth-order valence-corrected chi connectivity index (χ4v) is 4.82. The summed E-state index contributed by atoms with van der Waals surface area (Å²) in [6.45, 7) is 1.98. The summed E-state index contributed by atoms with van der Waals surface area (Å²) in [5.41, 5.74) is 3.47. The van der Waals surface area contributed by atoms with E-state index in [9.17, 15) is 14.4 Å². The normalized spacial score (nSPS) is 16.9. The first-order chi connectivity index (χ1) is 17.4. The van der Waals surface area contributed by atoms with Crippen molar-refractivity contribution in [2.45, 2.75) is 0 Å². The standard InChI is InChI=1S/C24H22ClN3O6S2/c1-32-19-11-15(5-6-18(19)34-14-21(29)27-7-9-33-10-8-27)12-20-23(31)28(24(35)36-20)26-22(30)16-3-2-4-17(25)13-16/h2-6,11-13H,7-10,14H2,1H3,(H,26,30)/b20-12+. The van der Waals surface area contributed by atoms with Gasteiger partial charge in [0.2, 0.25) is 0 Å². The molecule has 0 unspecified atom stereocenters. The Morgan fingerprint density at radius 2 is 1.97 bits per heavy atom. The smallest absolute Gasteiger partial charge is 0.285 e. The molecule has 0 atom stereocenters. The molecule has 0 radical (unpaired) electrons. The lowest BCUT2D eigenvalue weighted by molar-refractivity contribution is -0.137. The van der Waals surface area contributed by atoms with Crippen LogP contribution in [0.5, 0.6) is 11.5 Å². The Balaban J connectivity index is 1.42. The maximum absolute atomic E-state index is 12.9. The number of amides is 3. The van der Waals surface area contributed by atoms with Gasteiger partial charge in [0.1, 0.15) is 0 Å². The number of nitrogens with one attached hydrogen (secondary N) is 1. The number of hydrazine groups is 1. The number of carbonyl (C=O) groups is 3. The predicted octanol–water partition coefficient (Wildman–Crippen LogP) is 3.13. The van der Waals surface area contributed by atoms with Crippen LogP contribution in [0.15, 0.2) is 47.4 Å². The van der Waals surface area contributed by atoms with Crippen LogP contribution < -0.4 is 14.9 Å². The highest BCUT2D eigenvalue weighted by Gasteiger charge is 2.34. The summed E-state index contributed by atoms with van der Waals surface area (Å²) < 4.78 is 16.5. The number of hydrogen-bond acceptors (Lipinski definition) is 8. The first-order valence-corrected chi connectivity index (χ1v) is 12.5. The number of hydrogen-bond donors (Lipinski definition) is 1. The van der Waals surface area contributed by atoms with Crippen LogP contribution in [0, 0.1) is 0 Å². The van der Waals surface area contributed by atoms with Gasteiger partial charge in [0.05, 0.1) is 25.2 Å². The van der Waals surface area contributed by atoms with Crippen molar-refractivity contribution in [3.63, 3.8) is 0 Å². The van der Waals surface area contributed by atoms with E-state index >= 15 is 0 Å². The highest BCUT2D eigenvalue weighted by molar-refractivity contribution is 8.26. The molecule has 0 bridgehead atoms. The zero-order chi connectivity index (χ0) is 25.7. The predicted molar refractivity (Wildman–Crippen MR) is 140 cm³/mol. The summed E-state index contributed by atoms with van der Waals surface area (Å²) in [4.78, 5) is 39.8. The van der Waals surface area contributed by atoms with Crippen molar-refractivity contribution in [2.24, 2.45) is 0 Å². The maximum atomic E-state index is 12.9. The van der Waals surface area contributed by atoms with Crippen LogP contribution in [0.2, 0.25) is 5.02 Å². The number of benzene rings is 2. The number of rotatable bonds is 7. The molecule has 2 heterocycles. The molecule has 0 saturated carbocycles. The molecule has 2 aliphatic rings. The number of ether oxygens (including phenoxy) is 3. The van der Waals surface area contributed by atoms with Gasteiger partial charge in [0.15, 0.2) is 22.4 Å². The van der Waals surface area contributed by atoms with Crippen LogP contribution in [-0.4, -0.2) is 72.0 Å². The Morgan fingerprint density at radius 3 is 2.69 bits per heavy atom. The molecule has 2 aromatic rings. The summed E-state index contributed by atoms with van der Waals surface area (Å²) in [7, 11) is 1.49. The fraction of sp³-hybridized carbons (Fsp3) is 0.250. The molecule has 3 amide bonds. The second kappa shape index (κ2) is 11.7. The van der Waals surface area contributed by atoms with Gasteiger partial charge in [0, 0.05) is 23.7 Å². The van der Waals surface area contributed by atoms with Crippen LogP contribution in [0.25, 0.3) is 6.08 Å². The van der Waals surface area contributed by atoms with Gasteiger partial charge in [-0.05, 0) is 54.2 Å². The van der Waals surface area contributed by atoms with Crippen molar-refractivity contribution in [1.82, 2.24) is 15.3 Å². The van der Waals surface area contributed by atoms with Crippen molar-refractivity contribution < 1.29 is 28.6 Å². The molecule has 2 fully saturated rings. The van der Waals surface area contributed by atoms with Crippen LogP contribution >= 0.6 is 35.6 Å². The molecule has 0 spiro atoms. The summed E-state index contributed by atoms with van der Waals surface area (Å²) in [6, 6.07) is 11.4. The van der Waals surface area contributed by atoms with Gasteiger partial charge in [-0.25, -0.2) is 0 Å². The van der Waals surface area contributed by atoms with Gasteiger partial charge in [0.25, 0.3) is 17.7 Å². The number of halogens is 1. The molecule has 188 valence electrons. The molecule has 2 saturated heterocycles. The van der Waals surface area contributed by atoms with E-state index in [-0.39, 0.29) is 16.8 Å². The molecular formula is C24H22ClN3O6S2. The van der Waals surface area contributed by atoms with Gasteiger partial charge in [-0.15, -0.1) is 0 Å². The third kappa shape index (κ3) is 6.16. The molecule has 9 nitrogen and oxygen atoms in total. The highest BCUT2D eigenvalue weighted by atomic mass is 35.5. The minimum atomic E-state index is -0.509. The molecule has 0 aromatic heterocycles. The number of methoxy groups -OCH3 is 1. The second-order valence-electron chi connectivity index (χ2n) is 7.66. The van der Waals surface area contributed by atoms with Crippen molar-refractivity contribution in [3.8, 4) is 11.5 Å². The lowest BCUT2D eigenvalue weighted by Gasteiger charge is -2.26. The third-order valence-corrected chi connectivity index (χ3v) is 6.83. The number of carbonyl (C=O) groups excluding carboxylic acids is 3. The van der Waals surface area contributed by atoms with E-state index in [1.807, 2.05) is 0 Å². The average molecular weight is 548 g/mol. The van der Waals surface area contributed by atoms with Crippen LogP contribution in [0.1, 0.15) is 15.9 Å². The van der Waals surface area contributed by atoms with Crippen molar-refractivity contribution in [1.29, 1.82) is 0 Å². The van der Waals surface area contributed by atoms with Gasteiger partial charge in [-0.1, -0.05) is 35.5 Å². The van der Waals surface area contributed by atoms with Crippen molar-refractivity contribution in [3.05, 3.63) is 63.5 Å². The summed E-state index contributed by atoms with van der Waals surface area (Å²) >= 11 is 12.3. The topological polar surface area (TPSA) is 97.4 Å². The van der Waals surface area contributed by atoms with Gasteiger partial charge in [-0.3, -0.25) is 19.8 Å². The molecule has 36 heavy (non-hydrogen) atoms. The Labute approximate surface area is 222 Å². The monoisotopic (exact) mass is 547 g/mol. The second-order valence-corrected chi connectivity index (χ2v) is 9.77. The largest absolute Gasteiger partial charge is 0.493 e. The minimum absolute atomic E-state index is 0.124. The van der Waals surface area contributed by atoms with Crippen LogP contribution in [0.4, 0.5) is 0 Å². The third-order valence-electron chi connectivity index (χ3n) is 5.29. The number of morpholine rings is 1. The maximum Gasteiger partial charge on any atom is 0.285 e. The number of thiocarbonyl (C=S) groups is 1. The van der Waals surface area contributed by atoms with Crippen molar-refractivity contribution >= 4 is 63.7 Å². The van der Waals surface area contributed by atoms with E-state index < -0.39 is 11.8 Å². The van der Waals surface area contributed by atoms with Crippen LogP contribution in [0.3, 0.4) is 0 Å². The quantitative estimate of drug-likeness (QED) is 0.417. The zero-order valence-corrected chi connectivity index (χ0v) is 21.6. The van der Waals surface area contributed by atoms with Gasteiger partial charge < -0.3 is 19.1 Å². The molecule has 2 aliphatic heterocycles. The van der Waals surface area contributed by atoms with E-state index in [1.54, 1.807) is 47.4 Å². The van der Waals surface area contributed by atoms with E-state index in [1.165, 1.54) is 13.2 Å². The van der Waals surface area contributed by atoms with E-state index in [0.29, 0.717) is 58.9 Å². The molecular weight excluding hydrogens is 526 g/mol. The number of nitrogens with zero attached hydrogens (tertiary/aromatic N) is 2. The molecule has 4 rings (SSSR count). The van der Waals surface area contributed by atoms with Gasteiger partial charge >= 0.3 is 0 Å². The zero-order valence-electron chi connectivity index (χ0n) is 19.2. The lowest BCUT2D eigenvalue weighted by Crippen LogP contribution is -2.44. The van der Waals surface area contributed by atoms with E-state index in [2.05, 4.69) is 5.43 Å². The Bertz CT molecular complexity index is 1230. The Hall–Kier alpha value is -3.12. The molecule has 0 aliphatic carbocycles. The minimum Gasteiger partial charge on any atom is -0.493 e. The van der Waals surface area contributed by atoms with Crippen LogP contribution in [-0.2, 0) is 14.3 Å². The van der Waals surface area contributed by atoms with E-state index in [4.69, 9.17) is 38.0 Å².